The number of rotatable bonds is 10. The van der Waals surface area contributed by atoms with Crippen LogP contribution in [0.25, 0.3) is 0 Å². The van der Waals surface area contributed by atoms with E-state index in [1.807, 2.05) is 31.2 Å². The average molecular weight is 277 g/mol. The normalized spacial score (nSPS) is 11.4. The van der Waals surface area contributed by atoms with Gasteiger partial charge in [-0.1, -0.05) is 38.1 Å². The van der Waals surface area contributed by atoms with Crippen molar-refractivity contribution in [1.29, 1.82) is 0 Å². The van der Waals surface area contributed by atoms with Crippen molar-refractivity contribution >= 4 is 0 Å². The van der Waals surface area contributed by atoms with Gasteiger partial charge in [-0.2, -0.15) is 0 Å². The highest BCUT2D eigenvalue weighted by Gasteiger charge is 1.98. The molecule has 0 unspecified atom stereocenters. The lowest BCUT2D eigenvalue weighted by Crippen LogP contribution is -2.18. The highest BCUT2D eigenvalue weighted by atomic mass is 16.5. The number of benzene rings is 1. The van der Waals surface area contributed by atoms with Gasteiger partial charge in [0.1, 0.15) is 12.4 Å². The standard InChI is InChI=1S/C17H27NO2/c1-4-5-9-19-10-11-20-17-8-6-7-16(12-17)14-18-13-15(2)3/h4-8,12,15,18H,9-11,13-14H2,1-3H3. The highest BCUT2D eigenvalue weighted by Crippen LogP contribution is 2.13. The molecule has 3 nitrogen and oxygen atoms in total. The highest BCUT2D eigenvalue weighted by molar-refractivity contribution is 5.28. The zero-order valence-corrected chi connectivity index (χ0v) is 12.9. The first-order valence-electron chi connectivity index (χ1n) is 7.33. The van der Waals surface area contributed by atoms with Crippen LogP contribution in [0.5, 0.6) is 5.75 Å². The summed E-state index contributed by atoms with van der Waals surface area (Å²) in [4.78, 5) is 0. The zero-order valence-electron chi connectivity index (χ0n) is 12.9. The van der Waals surface area contributed by atoms with Crippen molar-refractivity contribution in [1.82, 2.24) is 5.32 Å². The first-order valence-corrected chi connectivity index (χ1v) is 7.33. The van der Waals surface area contributed by atoms with Crippen LogP contribution in [-0.2, 0) is 11.3 Å². The molecule has 0 radical (unpaired) electrons. The number of ether oxygens (including phenoxy) is 2. The maximum atomic E-state index is 5.68. The Kier molecular flexibility index (Phi) is 8.76. The molecule has 1 N–H and O–H groups in total. The Labute approximate surface area is 123 Å². The smallest absolute Gasteiger partial charge is 0.119 e. The summed E-state index contributed by atoms with van der Waals surface area (Å²) in [5.41, 5.74) is 1.25. The van der Waals surface area contributed by atoms with Crippen LogP contribution in [0, 0.1) is 5.92 Å². The van der Waals surface area contributed by atoms with E-state index in [-0.39, 0.29) is 0 Å². The van der Waals surface area contributed by atoms with Gasteiger partial charge in [-0.05, 0) is 37.1 Å². The van der Waals surface area contributed by atoms with Gasteiger partial charge < -0.3 is 14.8 Å². The second-order valence-electron chi connectivity index (χ2n) is 5.16. The van der Waals surface area contributed by atoms with Gasteiger partial charge in [0.15, 0.2) is 0 Å². The Bertz CT molecular complexity index is 388. The van der Waals surface area contributed by atoms with Gasteiger partial charge in [0.25, 0.3) is 0 Å². The fourth-order valence-electron chi connectivity index (χ4n) is 1.72. The zero-order chi connectivity index (χ0) is 14.6. The molecule has 0 amide bonds. The molecule has 1 aromatic rings. The quantitative estimate of drug-likeness (QED) is 0.525. The maximum absolute atomic E-state index is 5.68. The molecular formula is C17H27NO2. The molecule has 0 aliphatic rings. The summed E-state index contributed by atoms with van der Waals surface area (Å²) in [7, 11) is 0. The van der Waals surface area contributed by atoms with Crippen LogP contribution in [-0.4, -0.2) is 26.4 Å². The van der Waals surface area contributed by atoms with Crippen molar-refractivity contribution in [3.63, 3.8) is 0 Å². The molecule has 0 aromatic heterocycles. The third-order valence-electron chi connectivity index (χ3n) is 2.73. The summed E-state index contributed by atoms with van der Waals surface area (Å²) >= 11 is 0. The van der Waals surface area contributed by atoms with Crippen molar-refractivity contribution in [3.8, 4) is 5.75 Å². The number of hydrogen-bond donors (Lipinski definition) is 1. The molecule has 0 heterocycles. The van der Waals surface area contributed by atoms with Gasteiger partial charge in [-0.25, -0.2) is 0 Å². The SMILES string of the molecule is CC=CCOCCOc1cccc(CNCC(C)C)c1. The van der Waals surface area contributed by atoms with Gasteiger partial charge in [0.2, 0.25) is 0 Å². The second kappa shape index (κ2) is 10.5. The Morgan fingerprint density at radius 3 is 2.85 bits per heavy atom. The van der Waals surface area contributed by atoms with Crippen molar-refractivity contribution in [2.24, 2.45) is 5.92 Å². The second-order valence-corrected chi connectivity index (χ2v) is 5.16. The Morgan fingerprint density at radius 2 is 2.10 bits per heavy atom. The number of hydrogen-bond acceptors (Lipinski definition) is 3. The van der Waals surface area contributed by atoms with E-state index in [0.29, 0.717) is 25.7 Å². The molecule has 0 fully saturated rings. The topological polar surface area (TPSA) is 30.5 Å². The van der Waals surface area contributed by atoms with Crippen molar-refractivity contribution in [2.75, 3.05) is 26.4 Å². The van der Waals surface area contributed by atoms with Crippen LogP contribution in [0.3, 0.4) is 0 Å². The molecule has 1 rings (SSSR count). The molecule has 0 spiro atoms. The molecule has 20 heavy (non-hydrogen) atoms. The third-order valence-corrected chi connectivity index (χ3v) is 2.73. The van der Waals surface area contributed by atoms with Gasteiger partial charge in [0, 0.05) is 6.54 Å². The lowest BCUT2D eigenvalue weighted by molar-refractivity contribution is 0.121. The predicted molar refractivity (Wildman–Crippen MR) is 84.1 cm³/mol. The average Bonchev–Trinajstić information content (AvgIpc) is 2.43. The van der Waals surface area contributed by atoms with Crippen molar-refractivity contribution in [2.45, 2.75) is 27.3 Å². The Morgan fingerprint density at radius 1 is 1.25 bits per heavy atom. The van der Waals surface area contributed by atoms with Gasteiger partial charge in [-0.15, -0.1) is 0 Å². The summed E-state index contributed by atoms with van der Waals surface area (Å²) < 4.78 is 11.1. The minimum Gasteiger partial charge on any atom is -0.491 e. The molecule has 0 bridgehead atoms. The fourth-order valence-corrected chi connectivity index (χ4v) is 1.72. The van der Waals surface area contributed by atoms with Gasteiger partial charge >= 0.3 is 0 Å². The van der Waals surface area contributed by atoms with Crippen LogP contribution in [0.4, 0.5) is 0 Å². The van der Waals surface area contributed by atoms with E-state index in [0.717, 1.165) is 18.8 Å². The maximum Gasteiger partial charge on any atom is 0.119 e. The van der Waals surface area contributed by atoms with E-state index < -0.39 is 0 Å². The van der Waals surface area contributed by atoms with Crippen LogP contribution >= 0.6 is 0 Å². The Balaban J connectivity index is 2.25. The predicted octanol–water partition coefficient (Wildman–Crippen LogP) is 3.40. The molecular weight excluding hydrogens is 250 g/mol. The van der Waals surface area contributed by atoms with Gasteiger partial charge in [-0.3, -0.25) is 0 Å². The first kappa shape index (κ1) is 16.7. The van der Waals surface area contributed by atoms with Crippen LogP contribution in [0.15, 0.2) is 36.4 Å². The first-order chi connectivity index (χ1) is 9.72. The minimum absolute atomic E-state index is 0.584. The minimum atomic E-state index is 0.584. The Hall–Kier alpha value is -1.32. The molecule has 112 valence electrons. The van der Waals surface area contributed by atoms with E-state index in [4.69, 9.17) is 9.47 Å². The van der Waals surface area contributed by atoms with Crippen molar-refractivity contribution < 1.29 is 9.47 Å². The largest absolute Gasteiger partial charge is 0.491 e. The number of allylic oxidation sites excluding steroid dienone is 1. The monoisotopic (exact) mass is 277 g/mol. The number of nitrogens with one attached hydrogen (secondary N) is 1. The molecule has 0 saturated carbocycles. The van der Waals surface area contributed by atoms with E-state index in [1.54, 1.807) is 0 Å². The van der Waals surface area contributed by atoms with Crippen molar-refractivity contribution in [3.05, 3.63) is 42.0 Å². The van der Waals surface area contributed by atoms with Crippen LogP contribution < -0.4 is 10.1 Å². The summed E-state index contributed by atoms with van der Waals surface area (Å²) in [5, 5.41) is 3.43. The lowest BCUT2D eigenvalue weighted by atomic mass is 10.2. The van der Waals surface area contributed by atoms with E-state index >= 15 is 0 Å². The molecule has 0 aliphatic carbocycles. The van der Waals surface area contributed by atoms with E-state index in [1.165, 1.54) is 5.56 Å². The van der Waals surface area contributed by atoms with Crippen LogP contribution in [0.2, 0.25) is 0 Å². The van der Waals surface area contributed by atoms with Gasteiger partial charge in [0.05, 0.1) is 13.2 Å². The third kappa shape index (κ3) is 7.97. The van der Waals surface area contributed by atoms with E-state index in [2.05, 4.69) is 31.3 Å². The molecule has 3 heteroatoms. The summed E-state index contributed by atoms with van der Waals surface area (Å²) in [6.07, 6.45) is 3.97. The molecule has 0 atom stereocenters. The van der Waals surface area contributed by atoms with E-state index in [9.17, 15) is 0 Å². The summed E-state index contributed by atoms with van der Waals surface area (Å²) in [5.74, 6) is 1.58. The fraction of sp³-hybridized carbons (Fsp3) is 0.529. The molecule has 0 saturated heterocycles. The summed E-state index contributed by atoms with van der Waals surface area (Å²) in [6.45, 7) is 10.2. The lowest BCUT2D eigenvalue weighted by Gasteiger charge is -2.10. The van der Waals surface area contributed by atoms with Crippen LogP contribution in [0.1, 0.15) is 26.3 Å². The summed E-state index contributed by atoms with van der Waals surface area (Å²) in [6, 6.07) is 8.21. The molecule has 1 aromatic carbocycles. The molecule has 0 aliphatic heterocycles.